The number of carbonyl (C=O) groups excluding carboxylic acids is 2. The fourth-order valence-electron chi connectivity index (χ4n) is 1.66. The van der Waals surface area contributed by atoms with Gasteiger partial charge in [-0.15, -0.1) is 0 Å². The van der Waals surface area contributed by atoms with Crippen molar-refractivity contribution < 1.29 is 14.5 Å². The van der Waals surface area contributed by atoms with Crippen LogP contribution in [0.1, 0.15) is 17.3 Å². The van der Waals surface area contributed by atoms with E-state index >= 15 is 0 Å². The topological polar surface area (TPSA) is 105 Å². The van der Waals surface area contributed by atoms with E-state index in [1.165, 1.54) is 23.1 Å². The normalized spacial score (nSPS) is 9.86. The summed E-state index contributed by atoms with van der Waals surface area (Å²) >= 11 is 0. The Morgan fingerprint density at radius 2 is 2.00 bits per heavy atom. The maximum absolute atomic E-state index is 11.8. The molecular formula is C13H18N4O4. The quantitative estimate of drug-likeness (QED) is 0.597. The molecule has 1 aromatic carbocycles. The molecule has 0 atom stereocenters. The number of nitrogens with zero attached hydrogens (tertiary/aromatic N) is 2. The van der Waals surface area contributed by atoms with Crippen LogP contribution in [-0.2, 0) is 4.79 Å². The van der Waals surface area contributed by atoms with Crippen molar-refractivity contribution in [3.63, 3.8) is 0 Å². The lowest BCUT2D eigenvalue weighted by molar-refractivity contribution is -0.384. The largest absolute Gasteiger partial charge is 0.371 e. The summed E-state index contributed by atoms with van der Waals surface area (Å²) in [6.45, 7) is 2.19. The molecule has 1 rings (SSSR count). The van der Waals surface area contributed by atoms with E-state index in [4.69, 9.17) is 0 Å². The summed E-state index contributed by atoms with van der Waals surface area (Å²) in [6.07, 6.45) is 0. The number of carbonyl (C=O) groups is 2. The molecule has 0 fully saturated rings. The van der Waals surface area contributed by atoms with Crippen molar-refractivity contribution in [3.05, 3.63) is 33.9 Å². The Kier molecular flexibility index (Phi) is 5.65. The van der Waals surface area contributed by atoms with Gasteiger partial charge in [-0.3, -0.25) is 19.7 Å². The van der Waals surface area contributed by atoms with Crippen molar-refractivity contribution in [2.75, 3.05) is 32.5 Å². The average Bonchev–Trinajstić information content (AvgIpc) is 2.44. The fraction of sp³-hybridized carbons (Fsp3) is 0.385. The van der Waals surface area contributed by atoms with Crippen molar-refractivity contribution in [1.29, 1.82) is 0 Å². The van der Waals surface area contributed by atoms with Crippen LogP contribution in [0.2, 0.25) is 0 Å². The number of hydrogen-bond acceptors (Lipinski definition) is 5. The van der Waals surface area contributed by atoms with Crippen LogP contribution in [0.3, 0.4) is 0 Å². The molecule has 0 saturated heterocycles. The molecule has 0 aliphatic rings. The third-order valence-corrected chi connectivity index (χ3v) is 2.66. The molecular weight excluding hydrogens is 276 g/mol. The standard InChI is InChI=1S/C13H18N4O4/c1-4-14-12(18)8-15-10-6-5-9(13(19)16(2)3)7-11(10)17(20)21/h5-7,15H,4,8H2,1-3H3,(H,14,18). The molecule has 21 heavy (non-hydrogen) atoms. The van der Waals surface area contributed by atoms with Crippen LogP contribution in [-0.4, -0.2) is 48.8 Å². The Morgan fingerprint density at radius 1 is 1.33 bits per heavy atom. The molecule has 0 heterocycles. The van der Waals surface area contributed by atoms with Crippen LogP contribution in [0.5, 0.6) is 0 Å². The number of hydrogen-bond donors (Lipinski definition) is 2. The summed E-state index contributed by atoms with van der Waals surface area (Å²) in [4.78, 5) is 35.0. The third kappa shape index (κ3) is 4.44. The zero-order chi connectivity index (χ0) is 16.0. The van der Waals surface area contributed by atoms with Crippen molar-refractivity contribution in [2.24, 2.45) is 0 Å². The Balaban J connectivity index is 2.97. The number of nitro groups is 1. The lowest BCUT2D eigenvalue weighted by atomic mass is 10.1. The SMILES string of the molecule is CCNC(=O)CNc1ccc(C(=O)N(C)C)cc1[N+](=O)[O-]. The van der Waals surface area contributed by atoms with Gasteiger partial charge in [0.05, 0.1) is 11.5 Å². The average molecular weight is 294 g/mol. The predicted octanol–water partition coefficient (Wildman–Crippen LogP) is 0.845. The molecule has 0 unspecified atom stereocenters. The molecule has 0 radical (unpaired) electrons. The van der Waals surface area contributed by atoms with Crippen LogP contribution in [0.25, 0.3) is 0 Å². The Bertz CT molecular complexity index is 557. The number of nitrogens with one attached hydrogen (secondary N) is 2. The molecule has 0 spiro atoms. The minimum atomic E-state index is -0.591. The zero-order valence-corrected chi connectivity index (χ0v) is 12.2. The van der Waals surface area contributed by atoms with Gasteiger partial charge in [0.25, 0.3) is 11.6 Å². The maximum Gasteiger partial charge on any atom is 0.293 e. The molecule has 0 aromatic heterocycles. The van der Waals surface area contributed by atoms with Gasteiger partial charge in [-0.25, -0.2) is 0 Å². The molecule has 0 aliphatic heterocycles. The van der Waals surface area contributed by atoms with E-state index in [1.54, 1.807) is 21.0 Å². The van der Waals surface area contributed by atoms with Gasteiger partial charge in [0.1, 0.15) is 5.69 Å². The lowest BCUT2D eigenvalue weighted by Crippen LogP contribution is -2.29. The Hall–Kier alpha value is -2.64. The highest BCUT2D eigenvalue weighted by molar-refractivity contribution is 5.95. The molecule has 0 bridgehead atoms. The molecule has 2 N–H and O–H groups in total. The summed E-state index contributed by atoms with van der Waals surface area (Å²) in [6, 6.07) is 4.10. The highest BCUT2D eigenvalue weighted by atomic mass is 16.6. The van der Waals surface area contributed by atoms with Crippen LogP contribution in [0, 0.1) is 10.1 Å². The van der Waals surface area contributed by atoms with Gasteiger partial charge in [-0.1, -0.05) is 0 Å². The van der Waals surface area contributed by atoms with E-state index < -0.39 is 4.92 Å². The first kappa shape index (κ1) is 16.4. The molecule has 0 saturated carbocycles. The summed E-state index contributed by atoms with van der Waals surface area (Å²) < 4.78 is 0. The van der Waals surface area contributed by atoms with E-state index in [9.17, 15) is 19.7 Å². The van der Waals surface area contributed by atoms with Gasteiger partial charge < -0.3 is 15.5 Å². The van der Waals surface area contributed by atoms with Gasteiger partial charge in [-0.05, 0) is 19.1 Å². The van der Waals surface area contributed by atoms with Crippen LogP contribution >= 0.6 is 0 Å². The van der Waals surface area contributed by atoms with Crippen LogP contribution < -0.4 is 10.6 Å². The molecule has 8 nitrogen and oxygen atoms in total. The van der Waals surface area contributed by atoms with Crippen LogP contribution in [0.15, 0.2) is 18.2 Å². The monoisotopic (exact) mass is 294 g/mol. The first-order valence-corrected chi connectivity index (χ1v) is 6.37. The molecule has 2 amide bonds. The fourth-order valence-corrected chi connectivity index (χ4v) is 1.66. The second-order valence-corrected chi connectivity index (χ2v) is 4.50. The minimum absolute atomic E-state index is 0.0738. The van der Waals surface area contributed by atoms with E-state index in [0.29, 0.717) is 6.54 Å². The second kappa shape index (κ2) is 7.22. The van der Waals surface area contributed by atoms with Crippen LogP contribution in [0.4, 0.5) is 11.4 Å². The highest BCUT2D eigenvalue weighted by Gasteiger charge is 2.18. The van der Waals surface area contributed by atoms with E-state index in [1.807, 2.05) is 0 Å². The first-order valence-electron chi connectivity index (χ1n) is 6.37. The number of rotatable bonds is 6. The van der Waals surface area contributed by atoms with E-state index in [0.717, 1.165) is 0 Å². The molecule has 0 aliphatic carbocycles. The molecule has 114 valence electrons. The summed E-state index contributed by atoms with van der Waals surface area (Å²) in [5, 5.41) is 16.3. The Morgan fingerprint density at radius 3 is 2.52 bits per heavy atom. The van der Waals surface area contributed by atoms with Gasteiger partial charge in [-0.2, -0.15) is 0 Å². The molecule has 1 aromatic rings. The number of nitro benzene ring substituents is 1. The zero-order valence-electron chi connectivity index (χ0n) is 12.2. The smallest absolute Gasteiger partial charge is 0.293 e. The summed E-state index contributed by atoms with van der Waals surface area (Å²) in [5.74, 6) is -0.589. The predicted molar refractivity (Wildman–Crippen MR) is 78.3 cm³/mol. The van der Waals surface area contributed by atoms with Crippen molar-refractivity contribution in [2.45, 2.75) is 6.92 Å². The summed E-state index contributed by atoms with van der Waals surface area (Å²) in [5.41, 5.74) is 0.170. The maximum atomic E-state index is 11.8. The highest BCUT2D eigenvalue weighted by Crippen LogP contribution is 2.25. The molecule has 8 heteroatoms. The lowest BCUT2D eigenvalue weighted by Gasteiger charge is -2.12. The number of anilines is 1. The minimum Gasteiger partial charge on any atom is -0.371 e. The van der Waals surface area contributed by atoms with Gasteiger partial charge >= 0.3 is 0 Å². The van der Waals surface area contributed by atoms with E-state index in [2.05, 4.69) is 10.6 Å². The van der Waals surface area contributed by atoms with Gasteiger partial charge in [0.15, 0.2) is 0 Å². The summed E-state index contributed by atoms with van der Waals surface area (Å²) in [7, 11) is 3.13. The van der Waals surface area contributed by atoms with Crippen molar-refractivity contribution in [3.8, 4) is 0 Å². The van der Waals surface area contributed by atoms with Crippen molar-refractivity contribution >= 4 is 23.2 Å². The number of likely N-dealkylation sites (N-methyl/N-ethyl adjacent to an activating group) is 1. The van der Waals surface area contributed by atoms with Crippen molar-refractivity contribution in [1.82, 2.24) is 10.2 Å². The third-order valence-electron chi connectivity index (χ3n) is 2.66. The van der Waals surface area contributed by atoms with E-state index in [-0.39, 0.29) is 35.3 Å². The van der Waals surface area contributed by atoms with Gasteiger partial charge in [0.2, 0.25) is 5.91 Å². The van der Waals surface area contributed by atoms with Gasteiger partial charge in [0, 0.05) is 32.3 Å². The number of amides is 2. The first-order chi connectivity index (χ1) is 9.86. The Labute approximate surface area is 122 Å². The number of benzene rings is 1. The second-order valence-electron chi connectivity index (χ2n) is 4.50.